The van der Waals surface area contributed by atoms with Gasteiger partial charge in [0.2, 0.25) is 0 Å². The van der Waals surface area contributed by atoms with Crippen LogP contribution in [0.2, 0.25) is 0 Å². The van der Waals surface area contributed by atoms with Crippen molar-refractivity contribution in [2.24, 2.45) is 0 Å². The predicted molar refractivity (Wildman–Crippen MR) is 92.3 cm³/mol. The molecule has 3 heterocycles. The number of nitrogens with one attached hydrogen (secondary N) is 2. The molecule has 3 rings (SSSR count). The number of hydrogen-bond donors (Lipinski definition) is 2. The van der Waals surface area contributed by atoms with Gasteiger partial charge in [0, 0.05) is 30.4 Å². The van der Waals surface area contributed by atoms with Gasteiger partial charge in [-0.2, -0.15) is 0 Å². The lowest BCUT2D eigenvalue weighted by Gasteiger charge is -2.26. The molecule has 2 amide bonds. The summed E-state index contributed by atoms with van der Waals surface area (Å²) in [5, 5.41) is 8.00. The SMILES string of the molecule is O=C(NCc1cccnc1)NC[C@H](c1cccs1)N1CCCC1. The summed E-state index contributed by atoms with van der Waals surface area (Å²) in [6, 6.07) is 8.20. The highest BCUT2D eigenvalue weighted by Crippen LogP contribution is 2.27. The van der Waals surface area contributed by atoms with Gasteiger partial charge < -0.3 is 10.6 Å². The van der Waals surface area contributed by atoms with Gasteiger partial charge in [0.15, 0.2) is 0 Å². The van der Waals surface area contributed by atoms with Crippen molar-refractivity contribution < 1.29 is 4.79 Å². The Morgan fingerprint density at radius 1 is 1.26 bits per heavy atom. The largest absolute Gasteiger partial charge is 0.336 e. The molecule has 0 aromatic carbocycles. The molecule has 1 fully saturated rings. The number of amides is 2. The quantitative estimate of drug-likeness (QED) is 0.856. The van der Waals surface area contributed by atoms with E-state index in [9.17, 15) is 4.79 Å². The van der Waals surface area contributed by atoms with Crippen LogP contribution in [0.1, 0.15) is 29.3 Å². The summed E-state index contributed by atoms with van der Waals surface area (Å²) in [4.78, 5) is 19.9. The fraction of sp³-hybridized carbons (Fsp3) is 0.412. The fourth-order valence-corrected chi connectivity index (χ4v) is 3.74. The van der Waals surface area contributed by atoms with Crippen molar-refractivity contribution in [2.75, 3.05) is 19.6 Å². The van der Waals surface area contributed by atoms with Gasteiger partial charge in [0.1, 0.15) is 0 Å². The number of carbonyl (C=O) groups is 1. The highest BCUT2D eigenvalue weighted by molar-refractivity contribution is 7.10. The first-order chi connectivity index (χ1) is 11.3. The Labute approximate surface area is 140 Å². The van der Waals surface area contributed by atoms with Crippen LogP contribution in [0.4, 0.5) is 4.79 Å². The van der Waals surface area contributed by atoms with Crippen LogP contribution in [0.5, 0.6) is 0 Å². The minimum Gasteiger partial charge on any atom is -0.336 e. The van der Waals surface area contributed by atoms with E-state index < -0.39 is 0 Å². The van der Waals surface area contributed by atoms with Gasteiger partial charge in [-0.25, -0.2) is 4.79 Å². The first kappa shape index (κ1) is 16.0. The number of pyridine rings is 1. The topological polar surface area (TPSA) is 57.3 Å². The Hall–Kier alpha value is -1.92. The molecule has 0 bridgehead atoms. The molecule has 1 atom stereocenters. The van der Waals surface area contributed by atoms with Crippen LogP contribution in [0.25, 0.3) is 0 Å². The molecule has 5 nitrogen and oxygen atoms in total. The van der Waals surface area contributed by atoms with Crippen molar-refractivity contribution >= 4 is 17.4 Å². The summed E-state index contributed by atoms with van der Waals surface area (Å²) in [6.45, 7) is 3.36. The van der Waals surface area contributed by atoms with Gasteiger partial charge in [-0.1, -0.05) is 12.1 Å². The maximum absolute atomic E-state index is 12.0. The van der Waals surface area contributed by atoms with Crippen LogP contribution >= 0.6 is 11.3 Å². The van der Waals surface area contributed by atoms with E-state index in [0.717, 1.165) is 18.7 Å². The maximum Gasteiger partial charge on any atom is 0.315 e. The van der Waals surface area contributed by atoms with E-state index in [1.54, 1.807) is 23.7 Å². The van der Waals surface area contributed by atoms with Crippen LogP contribution in [0, 0.1) is 0 Å². The van der Waals surface area contributed by atoms with E-state index in [4.69, 9.17) is 0 Å². The van der Waals surface area contributed by atoms with E-state index in [0.29, 0.717) is 13.1 Å². The summed E-state index contributed by atoms with van der Waals surface area (Å²) >= 11 is 1.76. The minimum absolute atomic E-state index is 0.130. The number of aromatic nitrogens is 1. The number of likely N-dealkylation sites (tertiary alicyclic amines) is 1. The van der Waals surface area contributed by atoms with Gasteiger partial charge in [0.25, 0.3) is 0 Å². The van der Waals surface area contributed by atoms with E-state index in [1.807, 2.05) is 12.1 Å². The van der Waals surface area contributed by atoms with E-state index in [1.165, 1.54) is 17.7 Å². The third-order valence-electron chi connectivity index (χ3n) is 4.08. The van der Waals surface area contributed by atoms with Crippen molar-refractivity contribution in [1.82, 2.24) is 20.5 Å². The van der Waals surface area contributed by atoms with Gasteiger partial charge in [-0.05, 0) is 49.0 Å². The summed E-state index contributed by atoms with van der Waals surface area (Å²) in [5.41, 5.74) is 0.997. The second-order valence-corrected chi connectivity index (χ2v) is 6.68. The molecule has 0 radical (unpaired) electrons. The van der Waals surface area contributed by atoms with Crippen molar-refractivity contribution in [3.8, 4) is 0 Å². The monoisotopic (exact) mass is 330 g/mol. The Bertz CT molecular complexity index is 596. The molecule has 0 unspecified atom stereocenters. The van der Waals surface area contributed by atoms with Crippen molar-refractivity contribution in [1.29, 1.82) is 0 Å². The van der Waals surface area contributed by atoms with Crippen LogP contribution in [-0.2, 0) is 6.54 Å². The zero-order valence-electron chi connectivity index (χ0n) is 13.1. The minimum atomic E-state index is -0.130. The number of hydrogen-bond acceptors (Lipinski definition) is 4. The van der Waals surface area contributed by atoms with Crippen molar-refractivity contribution in [2.45, 2.75) is 25.4 Å². The average molecular weight is 330 g/mol. The number of urea groups is 1. The van der Waals surface area contributed by atoms with Gasteiger partial charge in [-0.15, -0.1) is 11.3 Å². The fourth-order valence-electron chi connectivity index (χ4n) is 2.88. The van der Waals surface area contributed by atoms with E-state index >= 15 is 0 Å². The molecule has 2 aromatic heterocycles. The molecule has 1 aliphatic rings. The first-order valence-electron chi connectivity index (χ1n) is 8.01. The lowest BCUT2D eigenvalue weighted by Crippen LogP contribution is -2.41. The molecule has 2 aromatic rings. The highest BCUT2D eigenvalue weighted by atomic mass is 32.1. The molecule has 0 aliphatic carbocycles. The van der Waals surface area contributed by atoms with Gasteiger partial charge in [-0.3, -0.25) is 9.88 Å². The van der Waals surface area contributed by atoms with Gasteiger partial charge in [0.05, 0.1) is 6.04 Å². The van der Waals surface area contributed by atoms with Crippen LogP contribution in [0.15, 0.2) is 42.0 Å². The Balaban J connectivity index is 1.51. The lowest BCUT2D eigenvalue weighted by atomic mass is 10.2. The molecule has 1 saturated heterocycles. The Morgan fingerprint density at radius 3 is 2.83 bits per heavy atom. The summed E-state index contributed by atoms with van der Waals surface area (Å²) in [7, 11) is 0. The molecule has 0 saturated carbocycles. The van der Waals surface area contributed by atoms with E-state index in [2.05, 4.69) is 38.0 Å². The third kappa shape index (κ3) is 4.53. The van der Waals surface area contributed by atoms with Crippen molar-refractivity contribution in [3.63, 3.8) is 0 Å². The number of rotatable bonds is 6. The molecular weight excluding hydrogens is 308 g/mol. The average Bonchev–Trinajstić information content (AvgIpc) is 3.28. The molecule has 6 heteroatoms. The molecule has 122 valence electrons. The third-order valence-corrected chi connectivity index (χ3v) is 5.06. The predicted octanol–water partition coefficient (Wildman–Crippen LogP) is 2.78. The molecule has 23 heavy (non-hydrogen) atoms. The second kappa shape index (κ2) is 8.08. The zero-order chi connectivity index (χ0) is 15.9. The number of carbonyl (C=O) groups excluding carboxylic acids is 1. The first-order valence-corrected chi connectivity index (χ1v) is 8.89. The van der Waals surface area contributed by atoms with E-state index in [-0.39, 0.29) is 12.1 Å². The lowest BCUT2D eigenvalue weighted by molar-refractivity contribution is 0.222. The van der Waals surface area contributed by atoms with Crippen LogP contribution in [-0.4, -0.2) is 35.5 Å². The smallest absolute Gasteiger partial charge is 0.315 e. The summed E-state index contributed by atoms with van der Waals surface area (Å²) < 4.78 is 0. The zero-order valence-corrected chi connectivity index (χ0v) is 13.9. The van der Waals surface area contributed by atoms with Crippen molar-refractivity contribution in [3.05, 3.63) is 52.5 Å². The summed E-state index contributed by atoms with van der Waals surface area (Å²) in [6.07, 6.45) is 5.98. The molecule has 2 N–H and O–H groups in total. The highest BCUT2D eigenvalue weighted by Gasteiger charge is 2.24. The summed E-state index contributed by atoms with van der Waals surface area (Å²) in [5.74, 6) is 0. The Kier molecular flexibility index (Phi) is 5.60. The second-order valence-electron chi connectivity index (χ2n) is 5.70. The maximum atomic E-state index is 12.0. The molecule has 0 spiro atoms. The molecule has 1 aliphatic heterocycles. The number of nitrogens with zero attached hydrogens (tertiary/aromatic N) is 2. The molecular formula is C17H22N4OS. The standard InChI is InChI=1S/C17H22N4OS/c22-17(19-12-14-5-3-7-18-11-14)20-13-15(16-6-4-10-23-16)21-8-1-2-9-21/h3-7,10-11,15H,1-2,8-9,12-13H2,(H2,19,20,22)/t15-/m1/s1. The van der Waals surface area contributed by atoms with Crippen LogP contribution < -0.4 is 10.6 Å². The Morgan fingerprint density at radius 2 is 2.13 bits per heavy atom. The van der Waals surface area contributed by atoms with Crippen LogP contribution in [0.3, 0.4) is 0 Å². The number of thiophene rings is 1. The normalized spacial score (nSPS) is 16.2. The van der Waals surface area contributed by atoms with Gasteiger partial charge >= 0.3 is 6.03 Å².